The second-order valence-corrected chi connectivity index (χ2v) is 6.79. The van der Waals surface area contributed by atoms with Gasteiger partial charge in [0.1, 0.15) is 0 Å². The summed E-state index contributed by atoms with van der Waals surface area (Å²) < 4.78 is 0.273. The van der Waals surface area contributed by atoms with Crippen LogP contribution in [-0.2, 0) is 0 Å². The third-order valence-corrected chi connectivity index (χ3v) is 5.80. The van der Waals surface area contributed by atoms with E-state index in [0.717, 1.165) is 0 Å². The summed E-state index contributed by atoms with van der Waals surface area (Å²) in [6.07, 6.45) is 2.58. The zero-order chi connectivity index (χ0) is 10.2. The van der Waals surface area contributed by atoms with Crippen LogP contribution in [0.5, 0.6) is 0 Å². The second-order valence-electron chi connectivity index (χ2n) is 4.21. The van der Waals surface area contributed by atoms with Gasteiger partial charge in [0.05, 0.1) is 6.04 Å². The molecule has 0 radical (unpaired) electrons. The van der Waals surface area contributed by atoms with Crippen molar-refractivity contribution >= 4 is 23.1 Å². The minimum Gasteiger partial charge on any atom is -0.322 e. The molecule has 2 rings (SSSR count). The minimum atomic E-state index is 0.218. The number of hydrogen-bond acceptors (Lipinski definition) is 3. The fourth-order valence-electron chi connectivity index (χ4n) is 2.03. The molecule has 1 aliphatic heterocycles. The first-order chi connectivity index (χ1) is 6.63. The molecule has 0 bridgehead atoms. The molecule has 0 aromatic carbocycles. The number of thioether (sulfide) groups is 1. The molecule has 1 aliphatic rings. The van der Waals surface area contributed by atoms with Crippen molar-refractivity contribution < 1.29 is 0 Å². The van der Waals surface area contributed by atoms with Crippen molar-refractivity contribution in [1.29, 1.82) is 0 Å². The Morgan fingerprint density at radius 1 is 1.57 bits per heavy atom. The molecule has 2 unspecified atom stereocenters. The van der Waals surface area contributed by atoms with E-state index in [9.17, 15) is 0 Å². The van der Waals surface area contributed by atoms with E-state index >= 15 is 0 Å². The quantitative estimate of drug-likeness (QED) is 0.838. The van der Waals surface area contributed by atoms with Gasteiger partial charge in [-0.1, -0.05) is 0 Å². The van der Waals surface area contributed by atoms with Crippen molar-refractivity contribution in [3.63, 3.8) is 0 Å². The van der Waals surface area contributed by atoms with Gasteiger partial charge in [0, 0.05) is 9.62 Å². The van der Waals surface area contributed by atoms with Gasteiger partial charge in [-0.3, -0.25) is 0 Å². The van der Waals surface area contributed by atoms with Gasteiger partial charge in [0.25, 0.3) is 0 Å². The Bertz CT molecular complexity index is 313. The van der Waals surface area contributed by atoms with E-state index in [-0.39, 0.29) is 10.8 Å². The van der Waals surface area contributed by atoms with Gasteiger partial charge in [-0.15, -0.1) is 11.3 Å². The van der Waals surface area contributed by atoms with Crippen molar-refractivity contribution in [1.82, 2.24) is 0 Å². The first-order valence-electron chi connectivity index (χ1n) is 5.07. The molecule has 0 amide bonds. The fourth-order valence-corrected chi connectivity index (χ4v) is 4.52. The zero-order valence-corrected chi connectivity index (χ0v) is 10.4. The monoisotopic (exact) mass is 227 g/mol. The summed E-state index contributed by atoms with van der Waals surface area (Å²) in [6.45, 7) is 4.48. The zero-order valence-electron chi connectivity index (χ0n) is 8.75. The average Bonchev–Trinajstić information content (AvgIpc) is 2.74. The van der Waals surface area contributed by atoms with Crippen LogP contribution in [0.15, 0.2) is 11.4 Å². The van der Waals surface area contributed by atoms with E-state index in [1.807, 2.05) is 11.8 Å². The fraction of sp³-hybridized carbons (Fsp3) is 0.636. The molecule has 78 valence electrons. The van der Waals surface area contributed by atoms with E-state index < -0.39 is 0 Å². The first-order valence-corrected chi connectivity index (χ1v) is 6.93. The Labute approximate surface area is 94.1 Å². The molecule has 3 heteroatoms. The summed E-state index contributed by atoms with van der Waals surface area (Å²) in [5.74, 6) is 1.27. The largest absolute Gasteiger partial charge is 0.322 e. The number of nitrogens with two attached hydrogens (primary N) is 1. The molecule has 0 spiro atoms. The van der Waals surface area contributed by atoms with Crippen LogP contribution in [0.25, 0.3) is 0 Å². The molecule has 0 saturated carbocycles. The van der Waals surface area contributed by atoms with Crippen LogP contribution < -0.4 is 5.73 Å². The summed E-state index contributed by atoms with van der Waals surface area (Å²) in [5, 5.41) is 2.15. The van der Waals surface area contributed by atoms with Crippen LogP contribution in [0.1, 0.15) is 36.2 Å². The van der Waals surface area contributed by atoms with Crippen molar-refractivity contribution in [3.8, 4) is 0 Å². The minimum absolute atomic E-state index is 0.218. The van der Waals surface area contributed by atoms with Crippen molar-refractivity contribution in [2.45, 2.75) is 37.5 Å². The molecule has 2 heterocycles. The van der Waals surface area contributed by atoms with Crippen LogP contribution in [0, 0.1) is 6.92 Å². The maximum absolute atomic E-state index is 6.37. The predicted molar refractivity (Wildman–Crippen MR) is 66.1 cm³/mol. The third kappa shape index (κ3) is 1.73. The predicted octanol–water partition coefficient (Wildman–Crippen LogP) is 3.34. The molecule has 1 nitrogen and oxygen atoms in total. The van der Waals surface area contributed by atoms with Crippen LogP contribution in [-0.4, -0.2) is 10.5 Å². The van der Waals surface area contributed by atoms with Crippen LogP contribution in [0.2, 0.25) is 0 Å². The molecule has 2 atom stereocenters. The summed E-state index contributed by atoms with van der Waals surface area (Å²) in [5.41, 5.74) is 7.73. The first kappa shape index (κ1) is 10.5. The maximum atomic E-state index is 6.37. The average molecular weight is 227 g/mol. The van der Waals surface area contributed by atoms with E-state index in [1.54, 1.807) is 11.3 Å². The van der Waals surface area contributed by atoms with Crippen LogP contribution in [0.3, 0.4) is 0 Å². The van der Waals surface area contributed by atoms with Gasteiger partial charge in [-0.2, -0.15) is 11.8 Å². The summed E-state index contributed by atoms with van der Waals surface area (Å²) in [7, 11) is 0. The number of thiophene rings is 1. The van der Waals surface area contributed by atoms with Crippen molar-refractivity contribution in [3.05, 3.63) is 21.9 Å². The molecule has 1 aromatic heterocycles. The van der Waals surface area contributed by atoms with Gasteiger partial charge in [0.2, 0.25) is 0 Å². The normalized spacial score (nSPS) is 29.4. The molecular weight excluding hydrogens is 210 g/mol. The van der Waals surface area contributed by atoms with E-state index in [4.69, 9.17) is 5.73 Å². The molecule has 1 fully saturated rings. The Morgan fingerprint density at radius 3 is 2.86 bits per heavy atom. The van der Waals surface area contributed by atoms with E-state index in [1.165, 1.54) is 29.0 Å². The Kier molecular flexibility index (Phi) is 2.91. The highest BCUT2D eigenvalue weighted by Gasteiger charge is 2.37. The lowest BCUT2D eigenvalue weighted by molar-refractivity contribution is 0.506. The van der Waals surface area contributed by atoms with Gasteiger partial charge >= 0.3 is 0 Å². The Morgan fingerprint density at radius 2 is 2.36 bits per heavy atom. The smallest absolute Gasteiger partial charge is 0.0538 e. The number of rotatable bonds is 2. The second kappa shape index (κ2) is 3.87. The van der Waals surface area contributed by atoms with Gasteiger partial charge in [-0.25, -0.2) is 0 Å². The summed E-state index contributed by atoms with van der Waals surface area (Å²) in [6, 6.07) is 2.39. The molecule has 0 aliphatic carbocycles. The molecule has 1 saturated heterocycles. The van der Waals surface area contributed by atoms with E-state index in [2.05, 4.69) is 25.3 Å². The lowest BCUT2D eigenvalue weighted by atomic mass is 9.94. The highest BCUT2D eigenvalue weighted by Crippen LogP contribution is 2.46. The van der Waals surface area contributed by atoms with Crippen molar-refractivity contribution in [2.75, 3.05) is 5.75 Å². The standard InChI is InChI=1S/C11H17NS2/c1-8-4-7-13-9(8)10(12)11(2)5-3-6-14-11/h4,7,10H,3,5-6,12H2,1-2H3. The van der Waals surface area contributed by atoms with Gasteiger partial charge < -0.3 is 5.73 Å². The lowest BCUT2D eigenvalue weighted by Gasteiger charge is -2.30. The highest BCUT2D eigenvalue weighted by atomic mass is 32.2. The highest BCUT2D eigenvalue weighted by molar-refractivity contribution is 8.00. The Hall–Kier alpha value is 0.01000. The third-order valence-electron chi connectivity index (χ3n) is 3.09. The van der Waals surface area contributed by atoms with Crippen molar-refractivity contribution in [2.24, 2.45) is 5.73 Å². The number of aryl methyl sites for hydroxylation is 1. The molecule has 2 N–H and O–H groups in total. The lowest BCUT2D eigenvalue weighted by Crippen LogP contribution is -2.32. The van der Waals surface area contributed by atoms with Gasteiger partial charge in [-0.05, 0) is 49.5 Å². The molecule has 14 heavy (non-hydrogen) atoms. The number of hydrogen-bond donors (Lipinski definition) is 1. The SMILES string of the molecule is Cc1ccsc1C(N)C1(C)CCCS1. The van der Waals surface area contributed by atoms with Crippen LogP contribution >= 0.6 is 23.1 Å². The van der Waals surface area contributed by atoms with Crippen LogP contribution in [0.4, 0.5) is 0 Å². The summed E-state index contributed by atoms with van der Waals surface area (Å²) >= 11 is 3.85. The summed E-state index contributed by atoms with van der Waals surface area (Å²) in [4.78, 5) is 1.38. The topological polar surface area (TPSA) is 26.0 Å². The van der Waals surface area contributed by atoms with Gasteiger partial charge in [0.15, 0.2) is 0 Å². The Balaban J connectivity index is 2.23. The maximum Gasteiger partial charge on any atom is 0.0538 e. The molecular formula is C11H17NS2. The molecule has 1 aromatic rings. The van der Waals surface area contributed by atoms with E-state index in [0.29, 0.717) is 0 Å².